The van der Waals surface area contributed by atoms with E-state index in [4.69, 9.17) is 28.4 Å². The lowest BCUT2D eigenvalue weighted by Crippen LogP contribution is -2.68. The Labute approximate surface area is 201 Å². The third kappa shape index (κ3) is 2.02. The molecule has 0 radical (unpaired) electrons. The zero-order valence-corrected chi connectivity index (χ0v) is 20.4. The van der Waals surface area contributed by atoms with E-state index in [0.29, 0.717) is 6.42 Å². The van der Waals surface area contributed by atoms with Crippen LogP contribution in [0.25, 0.3) is 0 Å². The van der Waals surface area contributed by atoms with E-state index in [0.717, 1.165) is 0 Å². The molecule has 0 amide bonds. The van der Waals surface area contributed by atoms with Crippen molar-refractivity contribution in [2.24, 2.45) is 28.1 Å². The SMILES string of the molecule is CC(=O)O[C@H]1C(=O)O[C@@H]2O[C@]34C(=O)O[C@@H]5C[C@@H](C(C)(C)C)[C@@]21[C@]53C[C@@H]1OC(=O)[C@@H](C)[C@@]14OC(C)=O. The van der Waals surface area contributed by atoms with Crippen LogP contribution in [0.15, 0.2) is 0 Å². The number of hydrogen-bond acceptors (Lipinski definition) is 11. The summed E-state index contributed by atoms with van der Waals surface area (Å²) >= 11 is 0. The average molecular weight is 492 g/mol. The molecule has 2 spiro atoms. The molecule has 0 N–H and O–H groups in total. The van der Waals surface area contributed by atoms with E-state index in [-0.39, 0.29) is 12.3 Å². The third-order valence-electron chi connectivity index (χ3n) is 9.49. The fourth-order valence-electron chi connectivity index (χ4n) is 8.78. The van der Waals surface area contributed by atoms with E-state index in [2.05, 4.69) is 0 Å². The van der Waals surface area contributed by atoms with Crippen molar-refractivity contribution in [3.8, 4) is 0 Å². The first-order valence-electron chi connectivity index (χ1n) is 11.9. The molecule has 190 valence electrons. The average Bonchev–Trinajstić information content (AvgIpc) is 3.43. The van der Waals surface area contributed by atoms with Crippen molar-refractivity contribution in [1.82, 2.24) is 0 Å². The second-order valence-electron chi connectivity index (χ2n) is 11.7. The lowest BCUT2D eigenvalue weighted by molar-refractivity contribution is -0.246. The van der Waals surface area contributed by atoms with Gasteiger partial charge in [0.1, 0.15) is 18.1 Å². The Morgan fingerprint density at radius 3 is 2.26 bits per heavy atom. The molecule has 11 nitrogen and oxygen atoms in total. The van der Waals surface area contributed by atoms with Gasteiger partial charge in [0.25, 0.3) is 0 Å². The molecule has 0 bridgehead atoms. The minimum Gasteiger partial charge on any atom is -0.459 e. The van der Waals surface area contributed by atoms with Gasteiger partial charge in [0, 0.05) is 20.3 Å². The van der Waals surface area contributed by atoms with Crippen LogP contribution in [0, 0.1) is 28.1 Å². The van der Waals surface area contributed by atoms with Crippen molar-refractivity contribution in [2.45, 2.75) is 90.2 Å². The third-order valence-corrected chi connectivity index (χ3v) is 9.49. The number of ether oxygens (including phenoxy) is 6. The summed E-state index contributed by atoms with van der Waals surface area (Å²) in [6.07, 6.45) is -4.08. The highest BCUT2D eigenvalue weighted by Crippen LogP contribution is 2.85. The summed E-state index contributed by atoms with van der Waals surface area (Å²) < 4.78 is 35.4. The first-order valence-corrected chi connectivity index (χ1v) is 11.9. The van der Waals surface area contributed by atoms with Crippen molar-refractivity contribution in [1.29, 1.82) is 0 Å². The Hall–Kier alpha value is -2.69. The normalized spacial score (nSPS) is 50.6. The monoisotopic (exact) mass is 492 g/mol. The Kier molecular flexibility index (Phi) is 4.01. The maximum atomic E-state index is 13.9. The predicted molar refractivity (Wildman–Crippen MR) is 110 cm³/mol. The van der Waals surface area contributed by atoms with Crippen LogP contribution in [0.5, 0.6) is 0 Å². The van der Waals surface area contributed by atoms with Crippen LogP contribution >= 0.6 is 0 Å². The zero-order valence-electron chi connectivity index (χ0n) is 20.4. The lowest BCUT2D eigenvalue weighted by Gasteiger charge is -2.47. The summed E-state index contributed by atoms with van der Waals surface area (Å²) in [5, 5.41) is 0. The van der Waals surface area contributed by atoms with Crippen molar-refractivity contribution < 1.29 is 52.4 Å². The van der Waals surface area contributed by atoms with Gasteiger partial charge >= 0.3 is 29.8 Å². The van der Waals surface area contributed by atoms with E-state index >= 15 is 0 Å². The molecule has 6 aliphatic rings. The van der Waals surface area contributed by atoms with Crippen molar-refractivity contribution in [3.05, 3.63) is 0 Å². The molecule has 6 fully saturated rings. The molecule has 35 heavy (non-hydrogen) atoms. The summed E-state index contributed by atoms with van der Waals surface area (Å²) in [5.74, 6) is -5.04. The van der Waals surface area contributed by atoms with Crippen LogP contribution in [0.4, 0.5) is 0 Å². The minimum absolute atomic E-state index is 0.0181. The van der Waals surface area contributed by atoms with Gasteiger partial charge in [-0.15, -0.1) is 0 Å². The molecule has 0 aromatic carbocycles. The molecule has 0 aromatic rings. The lowest BCUT2D eigenvalue weighted by atomic mass is 9.51. The molecular weight excluding hydrogens is 464 g/mol. The fraction of sp³-hybridized carbons (Fsp3) is 0.792. The highest BCUT2D eigenvalue weighted by molar-refractivity contribution is 5.94. The molecule has 4 heterocycles. The van der Waals surface area contributed by atoms with Crippen molar-refractivity contribution in [2.75, 3.05) is 0 Å². The van der Waals surface area contributed by atoms with E-state index in [1.54, 1.807) is 0 Å². The number of fused-ring (bicyclic) bond motifs is 1. The van der Waals surface area contributed by atoms with E-state index in [1.165, 1.54) is 20.8 Å². The van der Waals surface area contributed by atoms with Gasteiger partial charge in [-0.3, -0.25) is 14.4 Å². The molecule has 4 aliphatic heterocycles. The van der Waals surface area contributed by atoms with Crippen LogP contribution in [0.3, 0.4) is 0 Å². The molecular formula is C24H28O11. The van der Waals surface area contributed by atoms with E-state index < -0.39 is 87.8 Å². The summed E-state index contributed by atoms with van der Waals surface area (Å²) in [5.41, 5.74) is -6.95. The zero-order chi connectivity index (χ0) is 25.5. The van der Waals surface area contributed by atoms with Gasteiger partial charge in [0.05, 0.1) is 10.8 Å². The Morgan fingerprint density at radius 1 is 0.971 bits per heavy atom. The molecule has 0 aromatic heterocycles. The van der Waals surface area contributed by atoms with Gasteiger partial charge < -0.3 is 28.4 Å². The molecule has 4 saturated heterocycles. The standard InChI is InChI=1S/C24H28O11/c1-9-16(27)31-14-8-21-13-7-12(20(4,5)6)22(21)15(30-10(2)25)17(28)33-19(22)35-24(21,18(29)32-13)23(9,14)34-11(3)26/h9,12-15,19H,7-8H2,1-6H3/t9-,12+,13-,14+,15+,19-,21+,22+,23-,24-/m1/s1. The maximum Gasteiger partial charge on any atom is 0.350 e. The number of carbonyl (C=O) groups excluding carboxylic acids is 5. The minimum atomic E-state index is -1.99. The highest BCUT2D eigenvalue weighted by atomic mass is 16.8. The quantitative estimate of drug-likeness (QED) is 0.399. The highest BCUT2D eigenvalue weighted by Gasteiger charge is 3.02. The van der Waals surface area contributed by atoms with Crippen LogP contribution in [-0.2, 0) is 52.4 Å². The summed E-state index contributed by atoms with van der Waals surface area (Å²) in [4.78, 5) is 64.5. The molecule has 2 saturated carbocycles. The first-order chi connectivity index (χ1) is 16.2. The predicted octanol–water partition coefficient (Wildman–Crippen LogP) is 0.801. The van der Waals surface area contributed by atoms with Gasteiger partial charge in [-0.1, -0.05) is 20.8 Å². The Morgan fingerprint density at radius 2 is 1.66 bits per heavy atom. The second-order valence-corrected chi connectivity index (χ2v) is 11.7. The summed E-state index contributed by atoms with van der Waals surface area (Å²) in [6.45, 7) is 9.85. The second kappa shape index (κ2) is 6.16. The number of esters is 5. The molecule has 11 heteroatoms. The van der Waals surface area contributed by atoms with Gasteiger partial charge in [-0.05, 0) is 24.7 Å². The largest absolute Gasteiger partial charge is 0.459 e. The number of hydrogen-bond donors (Lipinski definition) is 0. The number of rotatable bonds is 2. The fourth-order valence-corrected chi connectivity index (χ4v) is 8.78. The van der Waals surface area contributed by atoms with Gasteiger partial charge in [0.15, 0.2) is 0 Å². The smallest absolute Gasteiger partial charge is 0.350 e. The Bertz CT molecular complexity index is 1110. The van der Waals surface area contributed by atoms with Crippen LogP contribution < -0.4 is 0 Å². The first kappa shape index (κ1) is 22.8. The van der Waals surface area contributed by atoms with Gasteiger partial charge in [-0.25, -0.2) is 9.59 Å². The van der Waals surface area contributed by atoms with E-state index in [1.807, 2.05) is 20.8 Å². The summed E-state index contributed by atoms with van der Waals surface area (Å²) in [6, 6.07) is 0. The molecule has 0 unspecified atom stereocenters. The maximum absolute atomic E-state index is 13.9. The molecule has 6 rings (SSSR count). The van der Waals surface area contributed by atoms with E-state index in [9.17, 15) is 24.0 Å². The van der Waals surface area contributed by atoms with Crippen LogP contribution in [-0.4, -0.2) is 65.7 Å². The molecule has 2 aliphatic carbocycles. The van der Waals surface area contributed by atoms with Crippen LogP contribution in [0.1, 0.15) is 54.4 Å². The van der Waals surface area contributed by atoms with Gasteiger partial charge in [-0.2, -0.15) is 0 Å². The topological polar surface area (TPSA) is 141 Å². The Balaban J connectivity index is 1.69. The molecule has 10 atom stereocenters. The van der Waals surface area contributed by atoms with Crippen molar-refractivity contribution >= 4 is 29.8 Å². The summed E-state index contributed by atoms with van der Waals surface area (Å²) in [7, 11) is 0. The van der Waals surface area contributed by atoms with Crippen molar-refractivity contribution in [3.63, 3.8) is 0 Å². The van der Waals surface area contributed by atoms with Crippen LogP contribution in [0.2, 0.25) is 0 Å². The van der Waals surface area contributed by atoms with Gasteiger partial charge in [0.2, 0.25) is 23.6 Å². The number of carbonyl (C=O) groups is 5.